The lowest BCUT2D eigenvalue weighted by Crippen LogP contribution is -2.21. The van der Waals surface area contributed by atoms with Gasteiger partial charge in [0.15, 0.2) is 0 Å². The number of benzene rings is 1. The number of nitrogens with two attached hydrogens (primary N) is 1. The van der Waals surface area contributed by atoms with Crippen LogP contribution in [0.25, 0.3) is 0 Å². The molecule has 1 aromatic carbocycles. The third-order valence-corrected chi connectivity index (χ3v) is 4.07. The van der Waals surface area contributed by atoms with E-state index in [1.165, 1.54) is 11.3 Å². The number of rotatable bonds is 3. The van der Waals surface area contributed by atoms with E-state index < -0.39 is 0 Å². The van der Waals surface area contributed by atoms with Crippen LogP contribution in [0.5, 0.6) is 0 Å². The van der Waals surface area contributed by atoms with E-state index in [0.717, 1.165) is 15.6 Å². The van der Waals surface area contributed by atoms with Gasteiger partial charge in [-0.15, -0.1) is 10.2 Å². The Kier molecular flexibility index (Phi) is 3.84. The van der Waals surface area contributed by atoms with E-state index in [4.69, 9.17) is 15.2 Å². The average molecular weight is 277 g/mol. The van der Waals surface area contributed by atoms with Crippen molar-refractivity contribution in [2.45, 2.75) is 12.1 Å². The molecule has 5 nitrogen and oxygen atoms in total. The second-order valence-electron chi connectivity index (χ2n) is 4.30. The Bertz CT molecular complexity index is 526. The van der Waals surface area contributed by atoms with E-state index in [9.17, 15) is 0 Å². The molecule has 2 aromatic rings. The number of nitrogens with zero attached hydrogens (tertiary/aromatic N) is 2. The molecule has 100 valence electrons. The second-order valence-corrected chi connectivity index (χ2v) is 5.34. The van der Waals surface area contributed by atoms with Crippen molar-refractivity contribution in [2.24, 2.45) is 5.73 Å². The maximum absolute atomic E-state index is 6.20. The number of ether oxygens (including phenoxy) is 2. The molecule has 2 atom stereocenters. The fraction of sp³-hybridized carbons (Fsp3) is 0.385. The highest BCUT2D eigenvalue weighted by Crippen LogP contribution is 2.28. The zero-order valence-corrected chi connectivity index (χ0v) is 11.2. The Labute approximate surface area is 115 Å². The normalized spacial score (nSPS) is 21.2. The molecular weight excluding hydrogens is 262 g/mol. The minimum absolute atomic E-state index is 0.108. The first-order valence-corrected chi connectivity index (χ1v) is 6.99. The van der Waals surface area contributed by atoms with E-state index in [0.29, 0.717) is 19.8 Å². The molecule has 2 unspecified atom stereocenters. The van der Waals surface area contributed by atoms with E-state index in [2.05, 4.69) is 10.2 Å². The molecule has 1 fully saturated rings. The zero-order valence-electron chi connectivity index (χ0n) is 10.4. The van der Waals surface area contributed by atoms with Crippen LogP contribution in [0.2, 0.25) is 0 Å². The Hall–Kier alpha value is -1.34. The SMILES string of the molecule is NC(c1ccccc1)c1nnc(C2COCCO2)s1. The molecule has 19 heavy (non-hydrogen) atoms. The van der Waals surface area contributed by atoms with Crippen LogP contribution >= 0.6 is 11.3 Å². The largest absolute Gasteiger partial charge is 0.376 e. The highest BCUT2D eigenvalue weighted by Gasteiger charge is 2.23. The van der Waals surface area contributed by atoms with Crippen LogP contribution in [-0.2, 0) is 9.47 Å². The summed E-state index contributed by atoms with van der Waals surface area (Å²) in [5.41, 5.74) is 7.23. The number of aromatic nitrogens is 2. The molecule has 1 aliphatic heterocycles. The summed E-state index contributed by atoms with van der Waals surface area (Å²) in [4.78, 5) is 0. The van der Waals surface area contributed by atoms with Crippen LogP contribution in [-0.4, -0.2) is 30.0 Å². The summed E-state index contributed by atoms with van der Waals surface area (Å²) in [5, 5.41) is 9.98. The minimum Gasteiger partial charge on any atom is -0.376 e. The van der Waals surface area contributed by atoms with Gasteiger partial charge in [0, 0.05) is 0 Å². The number of hydrogen-bond acceptors (Lipinski definition) is 6. The maximum Gasteiger partial charge on any atom is 0.148 e. The van der Waals surface area contributed by atoms with Gasteiger partial charge in [-0.05, 0) is 5.56 Å². The first-order chi connectivity index (χ1) is 9.34. The average Bonchev–Trinajstić information content (AvgIpc) is 2.98. The highest BCUT2D eigenvalue weighted by molar-refractivity contribution is 7.11. The second kappa shape index (κ2) is 5.75. The van der Waals surface area contributed by atoms with Gasteiger partial charge in [-0.3, -0.25) is 0 Å². The molecule has 0 saturated carbocycles. The molecule has 0 radical (unpaired) electrons. The number of hydrogen-bond donors (Lipinski definition) is 1. The van der Waals surface area contributed by atoms with Crippen LogP contribution < -0.4 is 5.73 Å². The fourth-order valence-electron chi connectivity index (χ4n) is 1.94. The van der Waals surface area contributed by atoms with Gasteiger partial charge in [0.25, 0.3) is 0 Å². The third kappa shape index (κ3) is 2.82. The lowest BCUT2D eigenvalue weighted by atomic mass is 10.1. The molecular formula is C13H15N3O2S. The summed E-state index contributed by atoms with van der Waals surface area (Å²) in [6.45, 7) is 1.78. The van der Waals surface area contributed by atoms with Crippen molar-refractivity contribution in [3.05, 3.63) is 45.9 Å². The monoisotopic (exact) mass is 277 g/mol. The molecule has 1 saturated heterocycles. The minimum atomic E-state index is -0.239. The molecule has 3 rings (SSSR count). The van der Waals surface area contributed by atoms with E-state index in [1.807, 2.05) is 30.3 Å². The van der Waals surface area contributed by atoms with Gasteiger partial charge in [-0.2, -0.15) is 0 Å². The van der Waals surface area contributed by atoms with Crippen LogP contribution in [0.4, 0.5) is 0 Å². The van der Waals surface area contributed by atoms with Crippen molar-refractivity contribution in [3.8, 4) is 0 Å². The summed E-state index contributed by atoms with van der Waals surface area (Å²) in [6.07, 6.45) is -0.108. The predicted octanol–water partition coefficient (Wildman–Crippen LogP) is 1.67. The molecule has 0 spiro atoms. The summed E-state index contributed by atoms with van der Waals surface area (Å²) in [5.74, 6) is 0. The van der Waals surface area contributed by atoms with Crippen molar-refractivity contribution in [1.82, 2.24) is 10.2 Å². The van der Waals surface area contributed by atoms with Crippen molar-refractivity contribution in [3.63, 3.8) is 0 Å². The van der Waals surface area contributed by atoms with Crippen molar-refractivity contribution >= 4 is 11.3 Å². The van der Waals surface area contributed by atoms with Crippen molar-refractivity contribution in [1.29, 1.82) is 0 Å². The molecule has 2 heterocycles. The van der Waals surface area contributed by atoms with Crippen molar-refractivity contribution in [2.75, 3.05) is 19.8 Å². The summed E-state index contributed by atoms with van der Waals surface area (Å²) in [7, 11) is 0. The molecule has 6 heteroatoms. The Morgan fingerprint density at radius 2 is 2.05 bits per heavy atom. The highest BCUT2D eigenvalue weighted by atomic mass is 32.1. The van der Waals surface area contributed by atoms with Gasteiger partial charge in [0.2, 0.25) is 0 Å². The first-order valence-electron chi connectivity index (χ1n) is 6.18. The lowest BCUT2D eigenvalue weighted by Gasteiger charge is -2.20. The molecule has 1 aromatic heterocycles. The zero-order chi connectivity index (χ0) is 13.1. The van der Waals surface area contributed by atoms with Crippen LogP contribution in [0.3, 0.4) is 0 Å². The van der Waals surface area contributed by atoms with Gasteiger partial charge in [0.05, 0.1) is 25.9 Å². The van der Waals surface area contributed by atoms with Crippen LogP contribution in [0.1, 0.15) is 27.7 Å². The van der Waals surface area contributed by atoms with E-state index in [1.54, 1.807) is 0 Å². The first kappa shape index (κ1) is 12.7. The summed E-state index contributed by atoms with van der Waals surface area (Å²) < 4.78 is 11.0. The fourth-order valence-corrected chi connectivity index (χ4v) is 2.84. The quantitative estimate of drug-likeness (QED) is 0.924. The molecule has 0 aliphatic carbocycles. The van der Waals surface area contributed by atoms with Gasteiger partial charge in [0.1, 0.15) is 16.1 Å². The van der Waals surface area contributed by atoms with Gasteiger partial charge in [-0.1, -0.05) is 41.7 Å². The maximum atomic E-state index is 6.20. The summed E-state index contributed by atoms with van der Waals surface area (Å²) >= 11 is 1.49. The third-order valence-electron chi connectivity index (χ3n) is 2.97. The Morgan fingerprint density at radius 3 is 2.79 bits per heavy atom. The predicted molar refractivity (Wildman–Crippen MR) is 71.9 cm³/mol. The van der Waals surface area contributed by atoms with Gasteiger partial charge < -0.3 is 15.2 Å². The molecule has 0 amide bonds. The van der Waals surface area contributed by atoms with E-state index >= 15 is 0 Å². The van der Waals surface area contributed by atoms with Gasteiger partial charge >= 0.3 is 0 Å². The Morgan fingerprint density at radius 1 is 1.21 bits per heavy atom. The summed E-state index contributed by atoms with van der Waals surface area (Å²) in [6, 6.07) is 9.65. The Balaban J connectivity index is 1.77. The van der Waals surface area contributed by atoms with Crippen molar-refractivity contribution < 1.29 is 9.47 Å². The standard InChI is InChI=1S/C13H15N3O2S/c14-11(9-4-2-1-3-5-9)13-16-15-12(19-13)10-8-17-6-7-18-10/h1-5,10-11H,6-8,14H2. The van der Waals surface area contributed by atoms with E-state index in [-0.39, 0.29) is 12.1 Å². The van der Waals surface area contributed by atoms with Crippen LogP contribution in [0, 0.1) is 0 Å². The van der Waals surface area contributed by atoms with Crippen LogP contribution in [0.15, 0.2) is 30.3 Å². The molecule has 1 aliphatic rings. The topological polar surface area (TPSA) is 70.3 Å². The molecule has 0 bridgehead atoms. The molecule has 2 N–H and O–H groups in total. The smallest absolute Gasteiger partial charge is 0.148 e. The lowest BCUT2D eigenvalue weighted by molar-refractivity contribution is -0.0903. The van der Waals surface area contributed by atoms with Gasteiger partial charge in [-0.25, -0.2) is 0 Å².